The van der Waals surface area contributed by atoms with Crippen LogP contribution in [0, 0.1) is 11.3 Å². The number of nitrogens with zero attached hydrogens (tertiary/aromatic N) is 3. The van der Waals surface area contributed by atoms with Gasteiger partial charge in [0.15, 0.2) is 11.0 Å². The summed E-state index contributed by atoms with van der Waals surface area (Å²) in [5.74, 6) is 0.977. The van der Waals surface area contributed by atoms with E-state index < -0.39 is 0 Å². The molecule has 1 heterocycles. The SMILES string of the molecule is CC(C)Nc1nc(NC2CC2)nc(Cl)c1C#N. The molecule has 0 spiro atoms. The summed E-state index contributed by atoms with van der Waals surface area (Å²) in [4.78, 5) is 8.36. The number of halogens is 1. The van der Waals surface area contributed by atoms with Crippen LogP contribution in [0.2, 0.25) is 5.15 Å². The van der Waals surface area contributed by atoms with E-state index in [-0.39, 0.29) is 11.2 Å². The Morgan fingerprint density at radius 2 is 2.12 bits per heavy atom. The normalized spacial score (nSPS) is 14.5. The summed E-state index contributed by atoms with van der Waals surface area (Å²) in [5.41, 5.74) is 0.293. The highest BCUT2D eigenvalue weighted by Gasteiger charge is 2.23. The number of nitriles is 1. The lowest BCUT2D eigenvalue weighted by molar-refractivity contribution is 0.883. The van der Waals surface area contributed by atoms with Crippen LogP contribution in [0.15, 0.2) is 0 Å². The van der Waals surface area contributed by atoms with Gasteiger partial charge in [0, 0.05) is 12.1 Å². The molecule has 0 aromatic carbocycles. The van der Waals surface area contributed by atoms with Crippen molar-refractivity contribution in [2.24, 2.45) is 0 Å². The van der Waals surface area contributed by atoms with Gasteiger partial charge in [0.05, 0.1) is 0 Å². The van der Waals surface area contributed by atoms with Gasteiger partial charge in [-0.05, 0) is 26.7 Å². The fourth-order valence-corrected chi connectivity index (χ4v) is 1.60. The molecule has 2 rings (SSSR count). The van der Waals surface area contributed by atoms with Crippen molar-refractivity contribution >= 4 is 23.4 Å². The second-order valence-electron chi connectivity index (χ2n) is 4.39. The topological polar surface area (TPSA) is 73.6 Å². The molecule has 0 bridgehead atoms. The number of aromatic nitrogens is 2. The first-order valence-electron chi connectivity index (χ1n) is 5.61. The fourth-order valence-electron chi connectivity index (χ4n) is 1.39. The summed E-state index contributed by atoms with van der Waals surface area (Å²) in [5, 5.41) is 15.5. The maximum Gasteiger partial charge on any atom is 0.226 e. The van der Waals surface area contributed by atoms with Gasteiger partial charge in [-0.25, -0.2) is 0 Å². The molecule has 1 fully saturated rings. The number of anilines is 2. The minimum absolute atomic E-state index is 0.182. The Hall–Kier alpha value is -1.54. The van der Waals surface area contributed by atoms with Crippen molar-refractivity contribution in [2.75, 3.05) is 10.6 Å². The third kappa shape index (κ3) is 2.98. The monoisotopic (exact) mass is 251 g/mol. The Morgan fingerprint density at radius 3 is 2.65 bits per heavy atom. The summed E-state index contributed by atoms with van der Waals surface area (Å²) in [6.07, 6.45) is 2.27. The highest BCUT2D eigenvalue weighted by atomic mass is 35.5. The Morgan fingerprint density at radius 1 is 1.41 bits per heavy atom. The number of rotatable bonds is 4. The van der Waals surface area contributed by atoms with Gasteiger partial charge < -0.3 is 10.6 Å². The molecule has 6 heteroatoms. The van der Waals surface area contributed by atoms with Crippen LogP contribution in [0.1, 0.15) is 32.3 Å². The fraction of sp³-hybridized carbons (Fsp3) is 0.545. The van der Waals surface area contributed by atoms with Crippen LogP contribution in [0.25, 0.3) is 0 Å². The molecule has 1 aliphatic rings. The predicted molar refractivity (Wildman–Crippen MR) is 67.2 cm³/mol. The van der Waals surface area contributed by atoms with E-state index in [4.69, 9.17) is 16.9 Å². The number of hydrogen-bond donors (Lipinski definition) is 2. The lowest BCUT2D eigenvalue weighted by Gasteiger charge is -2.12. The van der Waals surface area contributed by atoms with Crippen molar-refractivity contribution in [3.63, 3.8) is 0 Å². The van der Waals surface area contributed by atoms with Crippen molar-refractivity contribution in [3.05, 3.63) is 10.7 Å². The molecule has 90 valence electrons. The van der Waals surface area contributed by atoms with Crippen LogP contribution in [0.5, 0.6) is 0 Å². The first-order chi connectivity index (χ1) is 8.10. The standard InChI is InChI=1S/C11H14ClN5/c1-6(2)14-10-8(5-13)9(12)16-11(17-10)15-7-3-4-7/h6-7H,3-4H2,1-2H3,(H2,14,15,16,17). The number of nitrogens with one attached hydrogen (secondary N) is 2. The van der Waals surface area contributed by atoms with Crippen LogP contribution in [-0.4, -0.2) is 22.1 Å². The lowest BCUT2D eigenvalue weighted by atomic mass is 10.3. The first kappa shape index (κ1) is 11.9. The molecule has 1 aliphatic carbocycles. The summed E-state index contributed by atoms with van der Waals surface area (Å²) in [6.45, 7) is 3.95. The molecule has 1 saturated carbocycles. The van der Waals surface area contributed by atoms with Crippen molar-refractivity contribution in [2.45, 2.75) is 38.8 Å². The third-order valence-electron chi connectivity index (χ3n) is 2.31. The minimum atomic E-state index is 0.182. The van der Waals surface area contributed by atoms with E-state index in [1.54, 1.807) is 0 Å². The minimum Gasteiger partial charge on any atom is -0.367 e. The largest absolute Gasteiger partial charge is 0.367 e. The second-order valence-corrected chi connectivity index (χ2v) is 4.75. The molecule has 0 amide bonds. The van der Waals surface area contributed by atoms with Gasteiger partial charge in [0.25, 0.3) is 0 Å². The van der Waals surface area contributed by atoms with Gasteiger partial charge >= 0.3 is 0 Å². The smallest absolute Gasteiger partial charge is 0.226 e. The van der Waals surface area contributed by atoms with E-state index in [1.165, 1.54) is 0 Å². The van der Waals surface area contributed by atoms with Gasteiger partial charge in [-0.1, -0.05) is 11.6 Å². The van der Waals surface area contributed by atoms with E-state index >= 15 is 0 Å². The molecule has 2 N–H and O–H groups in total. The zero-order chi connectivity index (χ0) is 12.4. The maximum atomic E-state index is 9.02. The average Bonchev–Trinajstić information content (AvgIpc) is 3.00. The Kier molecular flexibility index (Phi) is 3.34. The van der Waals surface area contributed by atoms with Gasteiger partial charge in [-0.2, -0.15) is 15.2 Å². The van der Waals surface area contributed by atoms with Crippen LogP contribution < -0.4 is 10.6 Å². The van der Waals surface area contributed by atoms with Crippen molar-refractivity contribution in [1.82, 2.24) is 9.97 Å². The molecule has 0 aliphatic heterocycles. The first-order valence-corrected chi connectivity index (χ1v) is 5.98. The molecule has 1 aromatic heterocycles. The Labute approximate surface area is 105 Å². The van der Waals surface area contributed by atoms with Crippen molar-refractivity contribution < 1.29 is 0 Å². The van der Waals surface area contributed by atoms with Gasteiger partial charge in [0.2, 0.25) is 5.95 Å². The van der Waals surface area contributed by atoms with Gasteiger partial charge in [-0.3, -0.25) is 0 Å². The quantitative estimate of drug-likeness (QED) is 0.804. The summed E-state index contributed by atoms with van der Waals surface area (Å²) in [7, 11) is 0. The van der Waals surface area contributed by atoms with Crippen molar-refractivity contribution in [3.8, 4) is 6.07 Å². The molecule has 17 heavy (non-hydrogen) atoms. The predicted octanol–water partition coefficient (Wildman–Crippen LogP) is 2.40. The van der Waals surface area contributed by atoms with E-state index in [2.05, 4.69) is 20.6 Å². The maximum absolute atomic E-state index is 9.02. The molecular weight excluding hydrogens is 238 g/mol. The van der Waals surface area contributed by atoms with Gasteiger partial charge in [-0.15, -0.1) is 0 Å². The van der Waals surface area contributed by atoms with Crippen LogP contribution in [-0.2, 0) is 0 Å². The third-order valence-corrected chi connectivity index (χ3v) is 2.59. The molecule has 5 nitrogen and oxygen atoms in total. The molecule has 1 aromatic rings. The summed E-state index contributed by atoms with van der Waals surface area (Å²) >= 11 is 5.97. The zero-order valence-corrected chi connectivity index (χ0v) is 10.5. The van der Waals surface area contributed by atoms with E-state index in [1.807, 2.05) is 19.9 Å². The van der Waals surface area contributed by atoms with Crippen LogP contribution in [0.4, 0.5) is 11.8 Å². The molecule has 0 atom stereocenters. The van der Waals surface area contributed by atoms with E-state index in [0.29, 0.717) is 23.4 Å². The Bertz CT molecular complexity index is 462. The highest BCUT2D eigenvalue weighted by Crippen LogP contribution is 2.27. The Balaban J connectivity index is 2.31. The van der Waals surface area contributed by atoms with Crippen molar-refractivity contribution in [1.29, 1.82) is 5.26 Å². The summed E-state index contributed by atoms with van der Waals surface area (Å²) in [6, 6.07) is 2.65. The average molecular weight is 252 g/mol. The molecule has 0 saturated heterocycles. The second kappa shape index (κ2) is 4.76. The molecular formula is C11H14ClN5. The summed E-state index contributed by atoms with van der Waals surface area (Å²) < 4.78 is 0. The highest BCUT2D eigenvalue weighted by molar-refractivity contribution is 6.31. The molecule has 0 radical (unpaired) electrons. The zero-order valence-electron chi connectivity index (χ0n) is 9.79. The van der Waals surface area contributed by atoms with E-state index in [9.17, 15) is 0 Å². The van der Waals surface area contributed by atoms with Gasteiger partial charge in [0.1, 0.15) is 11.6 Å². The number of hydrogen-bond acceptors (Lipinski definition) is 5. The van der Waals surface area contributed by atoms with Crippen LogP contribution in [0.3, 0.4) is 0 Å². The lowest BCUT2D eigenvalue weighted by Crippen LogP contribution is -2.15. The molecule has 0 unspecified atom stereocenters. The van der Waals surface area contributed by atoms with E-state index in [0.717, 1.165) is 12.8 Å². The van der Waals surface area contributed by atoms with Crippen LogP contribution >= 0.6 is 11.6 Å².